The lowest BCUT2D eigenvalue weighted by Gasteiger charge is -2.17. The van der Waals surface area contributed by atoms with Gasteiger partial charge in [0.25, 0.3) is 0 Å². The van der Waals surface area contributed by atoms with Gasteiger partial charge in [-0.3, -0.25) is 0 Å². The van der Waals surface area contributed by atoms with Crippen LogP contribution in [0.4, 0.5) is 0 Å². The fourth-order valence-electron chi connectivity index (χ4n) is 1.38. The zero-order valence-corrected chi connectivity index (χ0v) is 9.27. The maximum absolute atomic E-state index is 4.05. The molecule has 1 N–H and O–H groups in total. The van der Waals surface area contributed by atoms with E-state index in [0.29, 0.717) is 5.92 Å². The number of nitrogens with one attached hydrogen (secondary N) is 1. The molecule has 0 aromatic rings. The van der Waals surface area contributed by atoms with Gasteiger partial charge in [-0.2, -0.15) is 0 Å². The van der Waals surface area contributed by atoms with Crippen molar-refractivity contribution in [2.24, 2.45) is 5.92 Å². The van der Waals surface area contributed by atoms with Crippen molar-refractivity contribution in [3.63, 3.8) is 0 Å². The molecule has 0 aliphatic carbocycles. The summed E-state index contributed by atoms with van der Waals surface area (Å²) in [5.74, 6) is 0.635. The molecule has 0 bridgehead atoms. The van der Waals surface area contributed by atoms with E-state index in [4.69, 9.17) is 0 Å². The molecule has 0 saturated heterocycles. The SMILES string of the molecule is C=C(N/C=C\C)[C@@H](CC)CCCC. The van der Waals surface area contributed by atoms with Gasteiger partial charge in [-0.05, 0) is 31.9 Å². The molecule has 1 nitrogen and oxygen atoms in total. The highest BCUT2D eigenvalue weighted by atomic mass is 14.9. The Morgan fingerprint density at radius 2 is 2.15 bits per heavy atom. The van der Waals surface area contributed by atoms with Crippen LogP contribution in [0.25, 0.3) is 0 Å². The summed E-state index contributed by atoms with van der Waals surface area (Å²) in [6, 6.07) is 0. The lowest BCUT2D eigenvalue weighted by Crippen LogP contribution is -2.13. The van der Waals surface area contributed by atoms with Crippen molar-refractivity contribution in [3.05, 3.63) is 24.6 Å². The van der Waals surface area contributed by atoms with Crippen LogP contribution in [-0.4, -0.2) is 0 Å². The Labute approximate surface area is 82.9 Å². The molecule has 0 rings (SSSR count). The van der Waals surface area contributed by atoms with E-state index in [1.807, 2.05) is 19.2 Å². The van der Waals surface area contributed by atoms with Crippen molar-refractivity contribution in [3.8, 4) is 0 Å². The first-order valence-corrected chi connectivity index (χ1v) is 5.32. The van der Waals surface area contributed by atoms with Crippen molar-refractivity contribution in [1.82, 2.24) is 5.32 Å². The van der Waals surface area contributed by atoms with Crippen LogP contribution in [0.2, 0.25) is 0 Å². The highest BCUT2D eigenvalue weighted by Gasteiger charge is 2.07. The molecule has 0 saturated carbocycles. The predicted molar refractivity (Wildman–Crippen MR) is 60.4 cm³/mol. The van der Waals surface area contributed by atoms with E-state index in [1.165, 1.54) is 25.7 Å². The summed E-state index contributed by atoms with van der Waals surface area (Å²) < 4.78 is 0. The number of hydrogen-bond acceptors (Lipinski definition) is 1. The topological polar surface area (TPSA) is 12.0 Å². The van der Waals surface area contributed by atoms with Gasteiger partial charge in [0.2, 0.25) is 0 Å². The standard InChI is InChI=1S/C12H23N/c1-5-8-9-12(7-3)11(4)13-10-6-2/h6,10,12-13H,4-5,7-9H2,1-3H3/b10-6-/t12-/m0/s1. The lowest BCUT2D eigenvalue weighted by atomic mass is 9.96. The number of unbranched alkanes of at least 4 members (excludes halogenated alkanes) is 1. The summed E-state index contributed by atoms with van der Waals surface area (Å²) in [5, 5.41) is 3.22. The molecule has 0 unspecified atom stereocenters. The highest BCUT2D eigenvalue weighted by molar-refractivity contribution is 5.01. The van der Waals surface area contributed by atoms with Crippen molar-refractivity contribution < 1.29 is 0 Å². The third-order valence-corrected chi connectivity index (χ3v) is 2.33. The van der Waals surface area contributed by atoms with E-state index < -0.39 is 0 Å². The fourth-order valence-corrected chi connectivity index (χ4v) is 1.38. The molecule has 0 aromatic carbocycles. The molecule has 1 atom stereocenters. The smallest absolute Gasteiger partial charge is 0.0104 e. The Balaban J connectivity index is 3.84. The monoisotopic (exact) mass is 181 g/mol. The molecular weight excluding hydrogens is 158 g/mol. The lowest BCUT2D eigenvalue weighted by molar-refractivity contribution is 0.499. The largest absolute Gasteiger partial charge is 0.366 e. The normalized spacial score (nSPS) is 13.2. The summed E-state index contributed by atoms with van der Waals surface area (Å²) in [6.07, 6.45) is 8.97. The maximum Gasteiger partial charge on any atom is 0.0104 e. The Kier molecular flexibility index (Phi) is 7.47. The number of rotatable bonds is 7. The summed E-state index contributed by atoms with van der Waals surface area (Å²) >= 11 is 0. The van der Waals surface area contributed by atoms with Crippen LogP contribution in [0.1, 0.15) is 46.5 Å². The zero-order valence-electron chi connectivity index (χ0n) is 9.27. The van der Waals surface area contributed by atoms with Crippen LogP contribution in [-0.2, 0) is 0 Å². The minimum Gasteiger partial charge on any atom is -0.366 e. The highest BCUT2D eigenvalue weighted by Crippen LogP contribution is 2.18. The molecule has 0 aromatic heterocycles. The zero-order chi connectivity index (χ0) is 10.1. The van der Waals surface area contributed by atoms with Crippen molar-refractivity contribution in [1.29, 1.82) is 0 Å². The third kappa shape index (κ3) is 5.51. The fraction of sp³-hybridized carbons (Fsp3) is 0.667. The second-order valence-electron chi connectivity index (χ2n) is 3.42. The van der Waals surface area contributed by atoms with Gasteiger partial charge < -0.3 is 5.32 Å². The molecule has 76 valence electrons. The van der Waals surface area contributed by atoms with E-state index in [1.54, 1.807) is 0 Å². The van der Waals surface area contributed by atoms with Crippen LogP contribution < -0.4 is 5.32 Å². The van der Waals surface area contributed by atoms with Crippen LogP contribution in [0, 0.1) is 5.92 Å². The first kappa shape index (κ1) is 12.3. The Morgan fingerprint density at radius 1 is 1.46 bits per heavy atom. The van der Waals surface area contributed by atoms with Crippen LogP contribution in [0.15, 0.2) is 24.6 Å². The van der Waals surface area contributed by atoms with Gasteiger partial charge in [-0.25, -0.2) is 0 Å². The molecule has 0 fully saturated rings. The van der Waals surface area contributed by atoms with Crippen LogP contribution in [0.3, 0.4) is 0 Å². The first-order valence-electron chi connectivity index (χ1n) is 5.32. The molecule has 1 heteroatoms. The van der Waals surface area contributed by atoms with E-state index >= 15 is 0 Å². The molecule has 0 aliphatic heterocycles. The van der Waals surface area contributed by atoms with Gasteiger partial charge in [0.05, 0.1) is 0 Å². The van der Waals surface area contributed by atoms with Gasteiger partial charge >= 0.3 is 0 Å². The second kappa shape index (κ2) is 7.90. The Morgan fingerprint density at radius 3 is 2.62 bits per heavy atom. The average Bonchev–Trinajstić information content (AvgIpc) is 2.16. The summed E-state index contributed by atoms with van der Waals surface area (Å²) in [6.45, 7) is 10.5. The van der Waals surface area contributed by atoms with E-state index in [2.05, 4.69) is 25.7 Å². The van der Waals surface area contributed by atoms with Gasteiger partial charge in [0, 0.05) is 5.70 Å². The maximum atomic E-state index is 4.05. The molecule has 0 aliphatic rings. The quantitative estimate of drug-likeness (QED) is 0.629. The first-order chi connectivity index (χ1) is 6.26. The van der Waals surface area contributed by atoms with E-state index in [-0.39, 0.29) is 0 Å². The number of hydrogen-bond donors (Lipinski definition) is 1. The molecule has 0 radical (unpaired) electrons. The number of allylic oxidation sites excluding steroid dienone is 2. The summed E-state index contributed by atoms with van der Waals surface area (Å²) in [5.41, 5.74) is 1.16. The molecular formula is C12H23N. The molecule has 13 heavy (non-hydrogen) atoms. The van der Waals surface area contributed by atoms with Crippen molar-refractivity contribution in [2.45, 2.75) is 46.5 Å². The summed E-state index contributed by atoms with van der Waals surface area (Å²) in [7, 11) is 0. The van der Waals surface area contributed by atoms with E-state index in [9.17, 15) is 0 Å². The molecule has 0 amide bonds. The average molecular weight is 181 g/mol. The molecule has 0 spiro atoms. The van der Waals surface area contributed by atoms with Crippen molar-refractivity contribution in [2.75, 3.05) is 0 Å². The van der Waals surface area contributed by atoms with Gasteiger partial charge in [-0.15, -0.1) is 0 Å². The van der Waals surface area contributed by atoms with Gasteiger partial charge in [-0.1, -0.05) is 39.3 Å². The minimum absolute atomic E-state index is 0.635. The van der Waals surface area contributed by atoms with Crippen molar-refractivity contribution >= 4 is 0 Å². The minimum atomic E-state index is 0.635. The third-order valence-electron chi connectivity index (χ3n) is 2.33. The van der Waals surface area contributed by atoms with Crippen LogP contribution in [0.5, 0.6) is 0 Å². The van der Waals surface area contributed by atoms with Gasteiger partial charge in [0.1, 0.15) is 0 Å². The summed E-state index contributed by atoms with van der Waals surface area (Å²) in [4.78, 5) is 0. The van der Waals surface area contributed by atoms with Gasteiger partial charge in [0.15, 0.2) is 0 Å². The van der Waals surface area contributed by atoms with E-state index in [0.717, 1.165) is 5.70 Å². The Hall–Kier alpha value is -0.720. The van der Waals surface area contributed by atoms with Crippen LogP contribution >= 0.6 is 0 Å². The predicted octanol–water partition coefficient (Wildman–Crippen LogP) is 3.84. The molecule has 0 heterocycles. The Bertz CT molecular complexity index is 159. The second-order valence-corrected chi connectivity index (χ2v) is 3.42.